The van der Waals surface area contributed by atoms with Gasteiger partial charge in [-0.1, -0.05) is 52.9 Å². The Labute approximate surface area is 157 Å². The van der Waals surface area contributed by atoms with Gasteiger partial charge in [-0.05, 0) is 12.1 Å². The molecule has 0 aliphatic carbocycles. The molecule has 3 rings (SSSR count). The highest BCUT2D eigenvalue weighted by Gasteiger charge is 2.15. The Kier molecular flexibility index (Phi) is 5.79. The standard InChI is InChI=1S/C15H13ClN6OS2/c1-2-6-22-13(10-4-3-5-11(16)7-10)19-21-15(22)24-8-12(23)18-14-20-17-9-25-14/h2-5,7,9H,1,6,8H2,(H,18,20,23). The average Bonchev–Trinajstić information content (AvgIpc) is 3.23. The molecule has 1 aromatic carbocycles. The molecule has 0 fully saturated rings. The lowest BCUT2D eigenvalue weighted by Gasteiger charge is -2.07. The smallest absolute Gasteiger partial charge is 0.236 e. The van der Waals surface area contributed by atoms with Crippen molar-refractivity contribution in [1.29, 1.82) is 0 Å². The van der Waals surface area contributed by atoms with Gasteiger partial charge < -0.3 is 0 Å². The summed E-state index contributed by atoms with van der Waals surface area (Å²) in [6.45, 7) is 4.29. The molecule has 0 radical (unpaired) electrons. The third-order valence-electron chi connectivity index (χ3n) is 3.05. The number of hydrogen-bond donors (Lipinski definition) is 1. The van der Waals surface area contributed by atoms with Crippen LogP contribution < -0.4 is 5.32 Å². The van der Waals surface area contributed by atoms with Crippen molar-refractivity contribution in [2.45, 2.75) is 11.7 Å². The lowest BCUT2D eigenvalue weighted by atomic mass is 10.2. The number of amides is 1. The number of rotatable bonds is 7. The molecule has 0 spiro atoms. The number of nitrogens with one attached hydrogen (secondary N) is 1. The molecule has 0 saturated carbocycles. The summed E-state index contributed by atoms with van der Waals surface area (Å²) in [5.41, 5.74) is 2.41. The third-order valence-corrected chi connectivity index (χ3v) is 4.86. The van der Waals surface area contributed by atoms with Crippen LogP contribution in [0.5, 0.6) is 0 Å². The van der Waals surface area contributed by atoms with E-state index in [0.717, 1.165) is 5.56 Å². The molecule has 0 aliphatic heterocycles. The van der Waals surface area contributed by atoms with Crippen molar-refractivity contribution in [2.75, 3.05) is 11.1 Å². The van der Waals surface area contributed by atoms with Crippen LogP contribution in [0, 0.1) is 0 Å². The molecule has 3 aromatic rings. The quantitative estimate of drug-likeness (QED) is 0.490. The Hall–Kier alpha value is -2.23. The normalized spacial score (nSPS) is 10.6. The molecule has 128 valence electrons. The van der Waals surface area contributed by atoms with Crippen LogP contribution in [0.25, 0.3) is 11.4 Å². The second-order valence-corrected chi connectivity index (χ2v) is 7.01. The molecule has 2 heterocycles. The minimum atomic E-state index is -0.181. The van der Waals surface area contributed by atoms with E-state index in [-0.39, 0.29) is 11.7 Å². The van der Waals surface area contributed by atoms with Crippen LogP contribution in [-0.4, -0.2) is 36.6 Å². The van der Waals surface area contributed by atoms with Gasteiger partial charge in [0, 0.05) is 17.1 Å². The van der Waals surface area contributed by atoms with Crippen molar-refractivity contribution in [2.24, 2.45) is 0 Å². The van der Waals surface area contributed by atoms with E-state index in [1.54, 1.807) is 17.7 Å². The summed E-state index contributed by atoms with van der Waals surface area (Å²) in [4.78, 5) is 12.0. The Morgan fingerprint density at radius 3 is 3.00 bits per heavy atom. The van der Waals surface area contributed by atoms with Gasteiger partial charge in [0.05, 0.1) is 5.75 Å². The number of carbonyl (C=O) groups excluding carboxylic acids is 1. The van der Waals surface area contributed by atoms with Crippen LogP contribution >= 0.6 is 34.7 Å². The molecule has 0 aliphatic rings. The van der Waals surface area contributed by atoms with Gasteiger partial charge in [-0.25, -0.2) is 0 Å². The molecular weight excluding hydrogens is 380 g/mol. The summed E-state index contributed by atoms with van der Waals surface area (Å²) < 4.78 is 1.89. The van der Waals surface area contributed by atoms with Crippen molar-refractivity contribution in [3.63, 3.8) is 0 Å². The zero-order chi connectivity index (χ0) is 17.6. The first-order valence-electron chi connectivity index (χ1n) is 7.16. The minimum absolute atomic E-state index is 0.181. The Morgan fingerprint density at radius 2 is 2.28 bits per heavy atom. The number of halogens is 1. The molecule has 0 atom stereocenters. The second kappa shape index (κ2) is 8.24. The van der Waals surface area contributed by atoms with Crippen molar-refractivity contribution in [3.05, 3.63) is 47.5 Å². The number of thioether (sulfide) groups is 1. The molecule has 2 aromatic heterocycles. The van der Waals surface area contributed by atoms with Gasteiger partial charge >= 0.3 is 0 Å². The largest absolute Gasteiger partial charge is 0.300 e. The SMILES string of the molecule is C=CCn1c(SCC(=O)Nc2nncs2)nnc1-c1cccc(Cl)c1. The second-order valence-electron chi connectivity index (χ2n) is 4.80. The molecule has 0 saturated heterocycles. The lowest BCUT2D eigenvalue weighted by Crippen LogP contribution is -2.14. The van der Waals surface area contributed by atoms with Crippen molar-refractivity contribution in [3.8, 4) is 11.4 Å². The van der Waals surface area contributed by atoms with E-state index in [0.29, 0.717) is 27.7 Å². The Bertz CT molecular complexity index is 880. The molecular formula is C15H13ClN6OS2. The monoisotopic (exact) mass is 392 g/mol. The molecule has 0 bridgehead atoms. The number of hydrogen-bond acceptors (Lipinski definition) is 7. The van der Waals surface area contributed by atoms with E-state index in [1.165, 1.54) is 23.1 Å². The number of carbonyl (C=O) groups is 1. The predicted octanol–water partition coefficient (Wildman–Crippen LogP) is 3.37. The van der Waals surface area contributed by atoms with Crippen LogP contribution in [0.4, 0.5) is 5.13 Å². The number of anilines is 1. The number of allylic oxidation sites excluding steroid dienone is 1. The minimum Gasteiger partial charge on any atom is -0.300 e. The number of benzene rings is 1. The summed E-state index contributed by atoms with van der Waals surface area (Å²) >= 11 is 8.61. The first kappa shape index (κ1) is 17.6. The maximum Gasteiger partial charge on any atom is 0.236 e. The van der Waals surface area contributed by atoms with E-state index in [1.807, 2.05) is 22.8 Å². The van der Waals surface area contributed by atoms with Crippen LogP contribution in [0.3, 0.4) is 0 Å². The van der Waals surface area contributed by atoms with Crippen molar-refractivity contribution >= 4 is 45.7 Å². The van der Waals surface area contributed by atoms with E-state index in [2.05, 4.69) is 32.3 Å². The fourth-order valence-corrected chi connectivity index (χ4v) is 3.44. The van der Waals surface area contributed by atoms with Crippen LogP contribution in [0.15, 0.2) is 47.6 Å². The van der Waals surface area contributed by atoms with E-state index in [4.69, 9.17) is 11.6 Å². The van der Waals surface area contributed by atoms with Gasteiger partial charge in [-0.15, -0.1) is 27.0 Å². The fourth-order valence-electron chi connectivity index (χ4n) is 2.04. The van der Waals surface area contributed by atoms with Crippen molar-refractivity contribution in [1.82, 2.24) is 25.0 Å². The van der Waals surface area contributed by atoms with Crippen LogP contribution in [-0.2, 0) is 11.3 Å². The lowest BCUT2D eigenvalue weighted by molar-refractivity contribution is -0.113. The third kappa shape index (κ3) is 4.44. The van der Waals surface area contributed by atoms with Gasteiger partial charge in [-0.2, -0.15) is 0 Å². The molecule has 1 amide bonds. The van der Waals surface area contributed by atoms with Gasteiger partial charge in [0.15, 0.2) is 11.0 Å². The highest BCUT2D eigenvalue weighted by atomic mass is 35.5. The van der Waals surface area contributed by atoms with E-state index < -0.39 is 0 Å². The van der Waals surface area contributed by atoms with E-state index in [9.17, 15) is 4.79 Å². The number of aromatic nitrogens is 5. The molecule has 10 heteroatoms. The maximum absolute atomic E-state index is 12.0. The molecule has 1 N–H and O–H groups in total. The Morgan fingerprint density at radius 1 is 1.40 bits per heavy atom. The summed E-state index contributed by atoms with van der Waals surface area (Å²) in [5.74, 6) is 0.679. The highest BCUT2D eigenvalue weighted by molar-refractivity contribution is 7.99. The first-order chi connectivity index (χ1) is 12.2. The zero-order valence-electron chi connectivity index (χ0n) is 12.9. The summed E-state index contributed by atoms with van der Waals surface area (Å²) in [6, 6.07) is 7.38. The summed E-state index contributed by atoms with van der Waals surface area (Å²) in [6.07, 6.45) is 1.75. The van der Waals surface area contributed by atoms with Gasteiger partial charge in [-0.3, -0.25) is 14.7 Å². The van der Waals surface area contributed by atoms with Crippen molar-refractivity contribution < 1.29 is 4.79 Å². The highest BCUT2D eigenvalue weighted by Crippen LogP contribution is 2.26. The van der Waals surface area contributed by atoms with E-state index >= 15 is 0 Å². The predicted molar refractivity (Wildman–Crippen MR) is 99.9 cm³/mol. The van der Waals surface area contributed by atoms with Gasteiger partial charge in [0.1, 0.15) is 5.51 Å². The maximum atomic E-state index is 12.0. The topological polar surface area (TPSA) is 85.6 Å². The van der Waals surface area contributed by atoms with Gasteiger partial charge in [0.2, 0.25) is 11.0 Å². The number of nitrogens with zero attached hydrogens (tertiary/aromatic N) is 5. The molecule has 7 nitrogen and oxygen atoms in total. The zero-order valence-corrected chi connectivity index (χ0v) is 15.3. The van der Waals surface area contributed by atoms with Gasteiger partial charge in [0.25, 0.3) is 0 Å². The fraction of sp³-hybridized carbons (Fsp3) is 0.133. The first-order valence-corrected chi connectivity index (χ1v) is 9.40. The average molecular weight is 393 g/mol. The molecule has 0 unspecified atom stereocenters. The Balaban J connectivity index is 1.75. The van der Waals surface area contributed by atoms with Crippen LogP contribution in [0.1, 0.15) is 0 Å². The van der Waals surface area contributed by atoms with Crippen LogP contribution in [0.2, 0.25) is 5.02 Å². The molecule has 25 heavy (non-hydrogen) atoms. The summed E-state index contributed by atoms with van der Waals surface area (Å²) in [7, 11) is 0. The summed E-state index contributed by atoms with van der Waals surface area (Å²) in [5, 5.41) is 20.3.